The number of hydrogen-bond acceptors (Lipinski definition) is 7. The van der Waals surface area contributed by atoms with Gasteiger partial charge in [-0.25, -0.2) is 4.98 Å². The lowest BCUT2D eigenvalue weighted by Gasteiger charge is -2.21. The van der Waals surface area contributed by atoms with Gasteiger partial charge in [-0.15, -0.1) is 11.3 Å². The maximum atomic E-state index is 12.0. The van der Waals surface area contributed by atoms with Crippen molar-refractivity contribution in [3.05, 3.63) is 35.3 Å². The Morgan fingerprint density at radius 2 is 2.04 bits per heavy atom. The molecule has 130 valence electrons. The minimum absolute atomic E-state index is 0.275. The van der Waals surface area contributed by atoms with Crippen LogP contribution in [0, 0.1) is 5.92 Å². The molecule has 1 amide bonds. The molecule has 0 saturated heterocycles. The molecule has 1 heterocycles. The number of nitrogens with one attached hydrogen (secondary N) is 1. The third kappa shape index (κ3) is 5.19. The van der Waals surface area contributed by atoms with E-state index in [0.717, 1.165) is 0 Å². The van der Waals surface area contributed by atoms with Crippen molar-refractivity contribution in [1.29, 1.82) is 0 Å². The number of aliphatic hydroxyl groups excluding tert-OH is 1. The van der Waals surface area contributed by atoms with E-state index in [1.807, 2.05) is 13.8 Å². The summed E-state index contributed by atoms with van der Waals surface area (Å²) in [4.78, 5) is 15.9. The van der Waals surface area contributed by atoms with Gasteiger partial charge in [0.25, 0.3) is 5.91 Å². The number of aliphatic hydroxyl groups is 1. The Hall–Kier alpha value is -2.16. The van der Waals surface area contributed by atoms with Crippen LogP contribution in [0.4, 0.5) is 10.8 Å². The molecule has 0 bridgehead atoms. The van der Waals surface area contributed by atoms with Gasteiger partial charge in [0.1, 0.15) is 17.5 Å². The van der Waals surface area contributed by atoms with E-state index >= 15 is 0 Å². The highest BCUT2D eigenvalue weighted by Crippen LogP contribution is 2.19. The number of carbonyl (C=O) groups excluding carboxylic acids is 1. The Bertz CT molecular complexity index is 672. The molecule has 0 radical (unpaired) electrons. The molecule has 2 unspecified atom stereocenters. The van der Waals surface area contributed by atoms with Crippen LogP contribution in [0.25, 0.3) is 0 Å². The Morgan fingerprint density at radius 1 is 1.38 bits per heavy atom. The number of nitrogen functional groups attached to an aromatic ring is 1. The van der Waals surface area contributed by atoms with Gasteiger partial charge < -0.3 is 20.9 Å². The molecular formula is C16H22N4O3S. The zero-order valence-corrected chi connectivity index (χ0v) is 14.4. The highest BCUT2D eigenvalue weighted by molar-refractivity contribution is 7.13. The number of thiazole rings is 1. The van der Waals surface area contributed by atoms with Crippen molar-refractivity contribution in [2.24, 2.45) is 11.7 Å². The van der Waals surface area contributed by atoms with Gasteiger partial charge in [-0.2, -0.15) is 0 Å². The molecule has 0 fully saturated rings. The van der Waals surface area contributed by atoms with Gasteiger partial charge in [0.2, 0.25) is 0 Å². The van der Waals surface area contributed by atoms with Crippen LogP contribution < -0.4 is 21.5 Å². The molecule has 0 saturated carbocycles. The SMILES string of the molecule is CC(C)CC(O)C(N)Oc1ccc(NC(=O)c2csc(N)n2)cc1. The van der Waals surface area contributed by atoms with E-state index < -0.39 is 12.3 Å². The molecule has 0 aliphatic heterocycles. The Morgan fingerprint density at radius 3 is 2.58 bits per heavy atom. The van der Waals surface area contributed by atoms with Crippen LogP contribution in [0.1, 0.15) is 30.8 Å². The first-order valence-electron chi connectivity index (χ1n) is 7.58. The zero-order chi connectivity index (χ0) is 17.7. The first-order chi connectivity index (χ1) is 11.3. The number of amides is 1. The second kappa shape index (κ2) is 8.09. The Balaban J connectivity index is 1.92. The van der Waals surface area contributed by atoms with Crippen LogP contribution >= 0.6 is 11.3 Å². The third-order valence-corrected chi connectivity index (χ3v) is 3.90. The molecule has 2 atom stereocenters. The Kier molecular flexibility index (Phi) is 6.13. The number of nitrogens with zero attached hydrogens (tertiary/aromatic N) is 1. The highest BCUT2D eigenvalue weighted by Gasteiger charge is 2.18. The van der Waals surface area contributed by atoms with Crippen LogP contribution in [0.5, 0.6) is 5.75 Å². The lowest BCUT2D eigenvalue weighted by molar-refractivity contribution is 0.0268. The van der Waals surface area contributed by atoms with Crippen molar-refractivity contribution >= 4 is 28.1 Å². The maximum Gasteiger partial charge on any atom is 0.275 e. The van der Waals surface area contributed by atoms with Gasteiger partial charge in [-0.05, 0) is 36.6 Å². The molecule has 0 spiro atoms. The molecule has 6 N–H and O–H groups in total. The number of benzene rings is 1. The molecule has 1 aromatic heterocycles. The van der Waals surface area contributed by atoms with Crippen molar-refractivity contribution in [3.8, 4) is 5.75 Å². The fraction of sp³-hybridized carbons (Fsp3) is 0.375. The van der Waals surface area contributed by atoms with Crippen LogP contribution in [-0.2, 0) is 0 Å². The zero-order valence-electron chi connectivity index (χ0n) is 13.6. The minimum atomic E-state index is -0.800. The van der Waals surface area contributed by atoms with E-state index in [1.165, 1.54) is 11.3 Å². The topological polar surface area (TPSA) is 123 Å². The standard InChI is InChI=1S/C16H22N4O3S/c1-9(2)7-13(21)14(17)23-11-5-3-10(4-6-11)19-15(22)12-8-24-16(18)20-12/h3-6,8-9,13-14,21H,7,17H2,1-2H3,(H2,18,20)(H,19,22). The second-order valence-corrected chi connectivity index (χ2v) is 6.72. The van der Waals surface area contributed by atoms with Gasteiger partial charge in [-0.3, -0.25) is 10.5 Å². The summed E-state index contributed by atoms with van der Waals surface area (Å²) < 4.78 is 5.51. The monoisotopic (exact) mass is 350 g/mol. The number of ether oxygens (including phenoxy) is 1. The lowest BCUT2D eigenvalue weighted by Crippen LogP contribution is -2.40. The van der Waals surface area contributed by atoms with Crippen LogP contribution in [0.15, 0.2) is 29.6 Å². The molecular weight excluding hydrogens is 328 g/mol. The Labute approximate surface area is 144 Å². The van der Waals surface area contributed by atoms with Crippen LogP contribution in [0.2, 0.25) is 0 Å². The van der Waals surface area contributed by atoms with Gasteiger partial charge >= 0.3 is 0 Å². The van der Waals surface area contributed by atoms with Gasteiger partial charge in [0, 0.05) is 11.1 Å². The van der Waals surface area contributed by atoms with Gasteiger partial charge in [0.05, 0.1) is 0 Å². The van der Waals surface area contributed by atoms with E-state index in [0.29, 0.717) is 28.9 Å². The first-order valence-corrected chi connectivity index (χ1v) is 8.46. The molecule has 2 rings (SSSR count). The molecule has 2 aromatic rings. The van der Waals surface area contributed by atoms with E-state index in [4.69, 9.17) is 16.2 Å². The molecule has 7 nitrogen and oxygen atoms in total. The largest absolute Gasteiger partial charge is 0.473 e. The smallest absolute Gasteiger partial charge is 0.275 e. The summed E-state index contributed by atoms with van der Waals surface area (Å²) in [5, 5.41) is 14.6. The normalized spacial score (nSPS) is 13.5. The highest BCUT2D eigenvalue weighted by atomic mass is 32.1. The lowest BCUT2D eigenvalue weighted by atomic mass is 10.1. The van der Waals surface area contributed by atoms with E-state index in [-0.39, 0.29) is 11.6 Å². The summed E-state index contributed by atoms with van der Waals surface area (Å²) in [6.07, 6.45) is -0.975. The predicted octanol–water partition coefficient (Wildman–Crippen LogP) is 2.05. The van der Waals surface area contributed by atoms with E-state index in [2.05, 4.69) is 10.3 Å². The molecule has 1 aromatic carbocycles. The number of carbonyl (C=O) groups is 1. The quantitative estimate of drug-likeness (QED) is 0.567. The predicted molar refractivity (Wildman–Crippen MR) is 95.0 cm³/mol. The molecule has 0 aliphatic carbocycles. The van der Waals surface area contributed by atoms with Crippen molar-refractivity contribution in [2.45, 2.75) is 32.6 Å². The average Bonchev–Trinajstić information content (AvgIpc) is 2.95. The minimum Gasteiger partial charge on any atom is -0.473 e. The summed E-state index contributed by atoms with van der Waals surface area (Å²) in [5.41, 5.74) is 12.2. The van der Waals surface area contributed by atoms with E-state index in [9.17, 15) is 9.90 Å². The van der Waals surface area contributed by atoms with Crippen molar-refractivity contribution < 1.29 is 14.6 Å². The molecule has 24 heavy (non-hydrogen) atoms. The number of rotatable bonds is 7. The molecule has 8 heteroatoms. The maximum absolute atomic E-state index is 12.0. The summed E-state index contributed by atoms with van der Waals surface area (Å²) in [6, 6.07) is 6.72. The summed E-state index contributed by atoms with van der Waals surface area (Å²) in [6.45, 7) is 4.01. The van der Waals surface area contributed by atoms with Crippen molar-refractivity contribution in [1.82, 2.24) is 4.98 Å². The summed E-state index contributed by atoms with van der Waals surface area (Å²) >= 11 is 1.21. The fourth-order valence-corrected chi connectivity index (χ4v) is 2.60. The van der Waals surface area contributed by atoms with Crippen LogP contribution in [-0.4, -0.2) is 28.3 Å². The van der Waals surface area contributed by atoms with Gasteiger partial charge in [0.15, 0.2) is 11.4 Å². The van der Waals surface area contributed by atoms with Crippen molar-refractivity contribution in [3.63, 3.8) is 0 Å². The van der Waals surface area contributed by atoms with Crippen LogP contribution in [0.3, 0.4) is 0 Å². The number of hydrogen-bond donors (Lipinski definition) is 4. The summed E-state index contributed by atoms with van der Waals surface area (Å²) in [7, 11) is 0. The van der Waals surface area contributed by atoms with Crippen molar-refractivity contribution in [2.75, 3.05) is 11.1 Å². The fourth-order valence-electron chi connectivity index (χ4n) is 2.06. The first kappa shape index (κ1) is 18.2. The van der Waals surface area contributed by atoms with E-state index in [1.54, 1.807) is 29.6 Å². The second-order valence-electron chi connectivity index (χ2n) is 5.83. The number of nitrogens with two attached hydrogens (primary N) is 2. The number of aromatic nitrogens is 1. The third-order valence-electron chi connectivity index (χ3n) is 3.23. The molecule has 0 aliphatic rings. The summed E-state index contributed by atoms with van der Waals surface area (Å²) in [5.74, 6) is 0.508. The van der Waals surface area contributed by atoms with Gasteiger partial charge in [-0.1, -0.05) is 13.8 Å². The average molecular weight is 350 g/mol. The number of anilines is 2.